The topological polar surface area (TPSA) is 79.1 Å². The number of nitrogens with two attached hydrogens (primary N) is 2. The summed E-state index contributed by atoms with van der Waals surface area (Å²) in [6.07, 6.45) is 0. The van der Waals surface area contributed by atoms with Gasteiger partial charge in [0.2, 0.25) is 11.0 Å². The lowest BCUT2D eigenvalue weighted by Gasteiger charge is -2.02. The lowest BCUT2D eigenvalue weighted by Crippen LogP contribution is -3.00. The molecule has 2 aromatic carbocycles. The van der Waals surface area contributed by atoms with E-state index < -0.39 is 0 Å². The smallest absolute Gasteiger partial charge is 0.232 e. The highest BCUT2D eigenvalue weighted by Crippen LogP contribution is 2.21. The molecular weight excluding hydrogens is 260 g/mol. The van der Waals surface area contributed by atoms with Crippen molar-refractivity contribution in [1.29, 1.82) is 0 Å². The fourth-order valence-electron chi connectivity index (χ4n) is 2.08. The van der Waals surface area contributed by atoms with Crippen LogP contribution in [0, 0.1) is 13.8 Å². The van der Waals surface area contributed by atoms with Gasteiger partial charge in [-0.15, -0.1) is 0 Å². The fraction of sp³-hybridized carbons (Fsp3) is 0.143. The third-order valence-electron chi connectivity index (χ3n) is 3.28. The number of halogens is 1. The van der Waals surface area contributed by atoms with E-state index in [0.29, 0.717) is 0 Å². The van der Waals surface area contributed by atoms with Crippen LogP contribution in [-0.4, -0.2) is 4.98 Å². The van der Waals surface area contributed by atoms with E-state index in [4.69, 9.17) is 11.5 Å². The Labute approximate surface area is 117 Å². The molecule has 0 unspecified atom stereocenters. The highest BCUT2D eigenvalue weighted by Gasteiger charge is 2.11. The van der Waals surface area contributed by atoms with Crippen molar-refractivity contribution in [3.8, 4) is 0 Å². The van der Waals surface area contributed by atoms with Gasteiger partial charge in [-0.2, -0.15) is 0 Å². The number of aromatic amines is 1. The van der Waals surface area contributed by atoms with Gasteiger partial charge in [-0.05, 0) is 37.1 Å². The number of nitrogens with one attached hydrogen (secondary N) is 1. The standard InChI is InChI=1S/C14H14N4.ClH/c1-7-3-11-13(5-9(7)15)18-14-6-10(16)8(2)4-12(14)17-11;/h3-6H,15-16H2,1-2H3;1H. The molecule has 0 saturated carbocycles. The van der Waals surface area contributed by atoms with Crippen molar-refractivity contribution in [2.75, 3.05) is 11.5 Å². The average Bonchev–Trinajstić information content (AvgIpc) is 2.31. The van der Waals surface area contributed by atoms with Crippen molar-refractivity contribution < 1.29 is 17.4 Å². The zero-order valence-corrected chi connectivity index (χ0v) is 11.5. The minimum Gasteiger partial charge on any atom is -1.00 e. The molecule has 0 aliphatic carbocycles. The Hall–Kier alpha value is -2.07. The molecule has 5 heteroatoms. The van der Waals surface area contributed by atoms with Gasteiger partial charge in [-0.1, -0.05) is 0 Å². The van der Waals surface area contributed by atoms with E-state index in [1.165, 1.54) is 0 Å². The number of benzene rings is 2. The van der Waals surface area contributed by atoms with Crippen LogP contribution in [0.2, 0.25) is 0 Å². The minimum atomic E-state index is 0. The number of nitrogens with zero attached hydrogens (tertiary/aromatic N) is 1. The molecule has 3 rings (SSSR count). The molecule has 0 fully saturated rings. The highest BCUT2D eigenvalue weighted by atomic mass is 35.5. The summed E-state index contributed by atoms with van der Waals surface area (Å²) in [4.78, 5) is 7.96. The van der Waals surface area contributed by atoms with Crippen LogP contribution in [0.5, 0.6) is 0 Å². The van der Waals surface area contributed by atoms with Crippen molar-refractivity contribution in [3.63, 3.8) is 0 Å². The quantitative estimate of drug-likeness (QED) is 0.407. The average molecular weight is 275 g/mol. The maximum atomic E-state index is 5.91. The Balaban J connectivity index is 0.00000133. The highest BCUT2D eigenvalue weighted by molar-refractivity contribution is 5.85. The zero-order valence-electron chi connectivity index (χ0n) is 10.8. The van der Waals surface area contributed by atoms with E-state index in [-0.39, 0.29) is 12.4 Å². The molecule has 4 nitrogen and oxygen atoms in total. The first kappa shape index (κ1) is 13.4. The van der Waals surface area contributed by atoms with Crippen molar-refractivity contribution in [3.05, 3.63) is 35.4 Å². The molecule has 0 aliphatic rings. The Morgan fingerprint density at radius 2 is 1.26 bits per heavy atom. The summed E-state index contributed by atoms with van der Waals surface area (Å²) >= 11 is 0. The van der Waals surface area contributed by atoms with E-state index in [2.05, 4.69) is 9.97 Å². The lowest BCUT2D eigenvalue weighted by molar-refractivity contribution is -0.310. The van der Waals surface area contributed by atoms with Crippen LogP contribution >= 0.6 is 0 Å². The van der Waals surface area contributed by atoms with E-state index in [1.54, 1.807) is 0 Å². The first-order valence-electron chi connectivity index (χ1n) is 5.83. The molecule has 19 heavy (non-hydrogen) atoms. The molecule has 3 aromatic rings. The summed E-state index contributed by atoms with van der Waals surface area (Å²) in [5.74, 6) is 0. The number of anilines is 2. The van der Waals surface area contributed by atoms with Gasteiger partial charge < -0.3 is 23.9 Å². The Morgan fingerprint density at radius 3 is 1.68 bits per heavy atom. The van der Waals surface area contributed by atoms with Crippen molar-refractivity contribution in [2.24, 2.45) is 0 Å². The SMILES string of the molecule is Cc1cc2nc3cc(C)c(N)cc3[nH+]c2cc1N.[Cl-]. The normalized spacial score (nSPS) is 10.6. The molecule has 1 heterocycles. The van der Waals surface area contributed by atoms with Crippen molar-refractivity contribution >= 4 is 33.4 Å². The van der Waals surface area contributed by atoms with Crippen molar-refractivity contribution in [2.45, 2.75) is 13.8 Å². The predicted molar refractivity (Wildman–Crippen MR) is 74.1 cm³/mol. The minimum absolute atomic E-state index is 0. The third kappa shape index (κ3) is 2.15. The predicted octanol–water partition coefficient (Wildman–Crippen LogP) is -1.01. The fourth-order valence-corrected chi connectivity index (χ4v) is 2.08. The van der Waals surface area contributed by atoms with Crippen molar-refractivity contribution in [1.82, 2.24) is 4.98 Å². The summed E-state index contributed by atoms with van der Waals surface area (Å²) in [5, 5.41) is 0. The van der Waals surface area contributed by atoms with Crippen LogP contribution in [0.1, 0.15) is 11.1 Å². The summed E-state index contributed by atoms with van der Waals surface area (Å²) in [7, 11) is 0. The Bertz CT molecular complexity index is 654. The third-order valence-corrected chi connectivity index (χ3v) is 3.28. The second-order valence-electron chi connectivity index (χ2n) is 4.69. The zero-order chi connectivity index (χ0) is 12.9. The van der Waals surface area contributed by atoms with Gasteiger partial charge in [0, 0.05) is 23.5 Å². The lowest BCUT2D eigenvalue weighted by atomic mass is 10.1. The van der Waals surface area contributed by atoms with Crippen LogP contribution in [0.3, 0.4) is 0 Å². The van der Waals surface area contributed by atoms with Gasteiger partial charge in [-0.3, -0.25) is 0 Å². The summed E-state index contributed by atoms with van der Waals surface area (Å²) in [6, 6.07) is 7.80. The van der Waals surface area contributed by atoms with Gasteiger partial charge in [-0.25, -0.2) is 9.97 Å². The second kappa shape index (κ2) is 4.55. The summed E-state index contributed by atoms with van der Waals surface area (Å²) in [6.45, 7) is 3.96. The van der Waals surface area contributed by atoms with Gasteiger partial charge >= 0.3 is 0 Å². The molecule has 5 N–H and O–H groups in total. The van der Waals surface area contributed by atoms with Gasteiger partial charge in [0.05, 0.1) is 0 Å². The van der Waals surface area contributed by atoms with Crippen LogP contribution in [0.4, 0.5) is 11.4 Å². The number of aromatic nitrogens is 2. The largest absolute Gasteiger partial charge is 1.00 e. The first-order valence-corrected chi connectivity index (χ1v) is 5.83. The van der Waals surface area contributed by atoms with Crippen LogP contribution in [0.15, 0.2) is 24.3 Å². The second-order valence-corrected chi connectivity index (χ2v) is 4.69. The molecule has 0 radical (unpaired) electrons. The number of nitrogen functional groups attached to an aromatic ring is 2. The van der Waals surface area contributed by atoms with Gasteiger partial charge in [0.1, 0.15) is 11.0 Å². The maximum absolute atomic E-state index is 5.91. The van der Waals surface area contributed by atoms with Crippen LogP contribution < -0.4 is 28.9 Å². The van der Waals surface area contributed by atoms with Gasteiger partial charge in [0.15, 0.2) is 0 Å². The molecule has 0 spiro atoms. The van der Waals surface area contributed by atoms with Gasteiger partial charge in [0.25, 0.3) is 0 Å². The maximum Gasteiger partial charge on any atom is 0.232 e. The number of hydrogen-bond acceptors (Lipinski definition) is 3. The number of hydrogen-bond donors (Lipinski definition) is 2. The Kier molecular flexibility index (Phi) is 3.20. The van der Waals surface area contributed by atoms with Crippen LogP contribution in [0.25, 0.3) is 22.1 Å². The number of rotatable bonds is 0. The molecule has 0 aliphatic heterocycles. The van der Waals surface area contributed by atoms with E-state index in [9.17, 15) is 0 Å². The van der Waals surface area contributed by atoms with E-state index in [0.717, 1.165) is 44.6 Å². The summed E-state index contributed by atoms with van der Waals surface area (Å²) in [5.41, 5.74) is 19.1. The van der Waals surface area contributed by atoms with E-state index >= 15 is 0 Å². The van der Waals surface area contributed by atoms with E-state index in [1.807, 2.05) is 38.1 Å². The summed E-state index contributed by atoms with van der Waals surface area (Å²) < 4.78 is 0. The molecular formula is C14H15ClN4. The first-order chi connectivity index (χ1) is 8.54. The monoisotopic (exact) mass is 274 g/mol. The molecule has 0 bridgehead atoms. The van der Waals surface area contributed by atoms with Crippen LogP contribution in [-0.2, 0) is 0 Å². The molecule has 1 aromatic heterocycles. The Morgan fingerprint density at radius 1 is 0.842 bits per heavy atom. The molecule has 0 saturated heterocycles. The number of aryl methyl sites for hydroxylation is 2. The molecule has 98 valence electrons. The number of H-pyrrole nitrogens is 1. The molecule has 0 atom stereocenters. The molecule has 0 amide bonds. The number of fused-ring (bicyclic) bond motifs is 2.